The standard InChI is InChI=1S/C23H21N5O3S/c1-2-9-28-19-18(21(30)27-23(28)31)16(12-17(26-19)13-6-7-13)20(29)25-15-5-3-4-14(11-15)22-24-8-10-32-22/h3-5,8,10-13H,2,6-7,9H2,1H3,(H,25,29)(H,27,30,31). The van der Waals surface area contributed by atoms with E-state index in [0.717, 1.165) is 29.1 Å². The summed E-state index contributed by atoms with van der Waals surface area (Å²) < 4.78 is 1.45. The molecule has 0 atom stereocenters. The van der Waals surface area contributed by atoms with Gasteiger partial charge in [-0.2, -0.15) is 0 Å². The number of fused-ring (bicyclic) bond motifs is 1. The molecule has 1 aliphatic carbocycles. The van der Waals surface area contributed by atoms with Gasteiger partial charge in [-0.15, -0.1) is 11.3 Å². The number of carbonyl (C=O) groups excluding carboxylic acids is 1. The normalized spacial score (nSPS) is 13.4. The zero-order chi connectivity index (χ0) is 22.2. The second-order valence-electron chi connectivity index (χ2n) is 7.85. The summed E-state index contributed by atoms with van der Waals surface area (Å²) in [5.41, 5.74) is 1.62. The van der Waals surface area contributed by atoms with E-state index in [2.05, 4.69) is 20.3 Å². The summed E-state index contributed by atoms with van der Waals surface area (Å²) >= 11 is 1.51. The van der Waals surface area contributed by atoms with Gasteiger partial charge < -0.3 is 5.32 Å². The van der Waals surface area contributed by atoms with Crippen LogP contribution in [0.4, 0.5) is 5.69 Å². The second kappa shape index (κ2) is 8.16. The molecule has 2 N–H and O–H groups in total. The van der Waals surface area contributed by atoms with Crippen LogP contribution in [0.2, 0.25) is 0 Å². The minimum atomic E-state index is -0.603. The van der Waals surface area contributed by atoms with Crippen molar-refractivity contribution in [2.45, 2.75) is 38.6 Å². The minimum Gasteiger partial charge on any atom is -0.322 e. The van der Waals surface area contributed by atoms with E-state index in [1.54, 1.807) is 18.3 Å². The van der Waals surface area contributed by atoms with E-state index < -0.39 is 17.2 Å². The molecule has 1 fully saturated rings. The number of anilines is 1. The third-order valence-corrected chi connectivity index (χ3v) is 6.28. The van der Waals surface area contributed by atoms with Gasteiger partial charge in [0.25, 0.3) is 11.5 Å². The van der Waals surface area contributed by atoms with Gasteiger partial charge in [0.1, 0.15) is 5.01 Å². The molecule has 0 aliphatic heterocycles. The molecule has 3 aromatic heterocycles. The molecule has 9 heteroatoms. The lowest BCUT2D eigenvalue weighted by atomic mass is 10.1. The van der Waals surface area contributed by atoms with Gasteiger partial charge in [-0.3, -0.25) is 19.1 Å². The number of pyridine rings is 1. The number of aryl methyl sites for hydroxylation is 1. The third kappa shape index (κ3) is 3.75. The first-order chi connectivity index (χ1) is 15.5. The Morgan fingerprint density at radius 2 is 2.12 bits per heavy atom. The number of H-pyrrole nitrogens is 1. The van der Waals surface area contributed by atoms with Crippen LogP contribution in [0.15, 0.2) is 51.5 Å². The number of hydrogen-bond donors (Lipinski definition) is 2. The van der Waals surface area contributed by atoms with Crippen molar-refractivity contribution in [1.82, 2.24) is 19.5 Å². The molecule has 0 spiro atoms. The van der Waals surface area contributed by atoms with Gasteiger partial charge in [0.05, 0.1) is 10.9 Å². The molecular weight excluding hydrogens is 426 g/mol. The van der Waals surface area contributed by atoms with Gasteiger partial charge in [0, 0.05) is 41.0 Å². The molecule has 32 heavy (non-hydrogen) atoms. The fourth-order valence-corrected chi connectivity index (χ4v) is 4.42. The first kappa shape index (κ1) is 20.3. The van der Waals surface area contributed by atoms with Crippen molar-refractivity contribution < 1.29 is 4.79 Å². The van der Waals surface area contributed by atoms with Crippen LogP contribution in [-0.4, -0.2) is 25.4 Å². The number of thiazole rings is 1. The van der Waals surface area contributed by atoms with Gasteiger partial charge in [0.15, 0.2) is 5.65 Å². The number of rotatable bonds is 6. The topological polar surface area (TPSA) is 110 Å². The molecule has 8 nitrogen and oxygen atoms in total. The lowest BCUT2D eigenvalue weighted by Gasteiger charge is -2.13. The summed E-state index contributed by atoms with van der Waals surface area (Å²) in [4.78, 5) is 49.8. The first-order valence-electron chi connectivity index (χ1n) is 10.5. The molecule has 1 amide bonds. The van der Waals surface area contributed by atoms with Gasteiger partial charge >= 0.3 is 5.69 Å². The molecule has 1 aliphatic rings. The van der Waals surface area contributed by atoms with Crippen LogP contribution in [0.3, 0.4) is 0 Å². The molecule has 1 aromatic carbocycles. The molecule has 1 saturated carbocycles. The lowest BCUT2D eigenvalue weighted by molar-refractivity contribution is 0.102. The fourth-order valence-electron chi connectivity index (χ4n) is 3.79. The van der Waals surface area contributed by atoms with E-state index in [0.29, 0.717) is 18.7 Å². The number of hydrogen-bond acceptors (Lipinski definition) is 6. The third-order valence-electron chi connectivity index (χ3n) is 5.46. The van der Waals surface area contributed by atoms with Crippen LogP contribution in [-0.2, 0) is 6.54 Å². The van der Waals surface area contributed by atoms with Crippen LogP contribution in [0.5, 0.6) is 0 Å². The molecule has 3 heterocycles. The molecule has 0 unspecified atom stereocenters. The van der Waals surface area contributed by atoms with E-state index in [4.69, 9.17) is 0 Å². The van der Waals surface area contributed by atoms with Crippen molar-refractivity contribution in [3.63, 3.8) is 0 Å². The highest BCUT2D eigenvalue weighted by Crippen LogP contribution is 2.40. The van der Waals surface area contributed by atoms with Crippen molar-refractivity contribution >= 4 is 34.0 Å². The molecule has 5 rings (SSSR count). The number of aromatic amines is 1. The van der Waals surface area contributed by atoms with Crippen LogP contribution in [0.1, 0.15) is 48.2 Å². The molecule has 0 radical (unpaired) electrons. The number of benzene rings is 1. The molecule has 0 bridgehead atoms. The molecule has 0 saturated heterocycles. The van der Waals surface area contributed by atoms with Gasteiger partial charge in [0.2, 0.25) is 0 Å². The maximum absolute atomic E-state index is 13.3. The van der Waals surface area contributed by atoms with Gasteiger partial charge in [-0.1, -0.05) is 19.1 Å². The summed E-state index contributed by atoms with van der Waals surface area (Å²) in [7, 11) is 0. The highest BCUT2D eigenvalue weighted by Gasteiger charge is 2.28. The largest absolute Gasteiger partial charge is 0.329 e. The summed E-state index contributed by atoms with van der Waals surface area (Å²) in [6.07, 6.45) is 4.39. The minimum absolute atomic E-state index is 0.135. The van der Waals surface area contributed by atoms with Crippen molar-refractivity contribution in [3.8, 4) is 10.6 Å². The Balaban J connectivity index is 1.61. The van der Waals surface area contributed by atoms with Crippen LogP contribution in [0.25, 0.3) is 21.6 Å². The summed E-state index contributed by atoms with van der Waals surface area (Å²) in [6.45, 7) is 2.35. The summed E-state index contributed by atoms with van der Waals surface area (Å²) in [6, 6.07) is 9.10. The molecule has 4 aromatic rings. The Morgan fingerprint density at radius 3 is 2.84 bits per heavy atom. The quantitative estimate of drug-likeness (QED) is 0.468. The van der Waals surface area contributed by atoms with E-state index in [-0.39, 0.29) is 22.5 Å². The summed E-state index contributed by atoms with van der Waals surface area (Å²) in [5.74, 6) is -0.161. The maximum Gasteiger partial charge on any atom is 0.329 e. The van der Waals surface area contributed by atoms with E-state index in [9.17, 15) is 14.4 Å². The number of amides is 1. The fraction of sp³-hybridized carbons (Fsp3) is 0.261. The number of nitrogens with zero attached hydrogens (tertiary/aromatic N) is 3. The first-order valence-corrected chi connectivity index (χ1v) is 11.4. The smallest absolute Gasteiger partial charge is 0.322 e. The van der Waals surface area contributed by atoms with Gasteiger partial charge in [-0.05, 0) is 37.5 Å². The van der Waals surface area contributed by atoms with Crippen LogP contribution in [0, 0.1) is 0 Å². The Morgan fingerprint density at radius 1 is 1.28 bits per heavy atom. The second-order valence-corrected chi connectivity index (χ2v) is 8.75. The van der Waals surface area contributed by atoms with E-state index in [1.807, 2.05) is 30.5 Å². The van der Waals surface area contributed by atoms with Gasteiger partial charge in [-0.25, -0.2) is 14.8 Å². The zero-order valence-corrected chi connectivity index (χ0v) is 18.2. The SMILES string of the molecule is CCCn1c(=O)[nH]c(=O)c2c(C(=O)Nc3cccc(-c4nccs4)c3)cc(C3CC3)nc21. The Labute approximate surface area is 187 Å². The zero-order valence-electron chi connectivity index (χ0n) is 17.4. The lowest BCUT2D eigenvalue weighted by Crippen LogP contribution is -2.32. The Hall–Kier alpha value is -3.59. The van der Waals surface area contributed by atoms with Crippen molar-refractivity contribution in [2.75, 3.05) is 5.32 Å². The number of carbonyl (C=O) groups is 1. The van der Waals surface area contributed by atoms with E-state index >= 15 is 0 Å². The number of aromatic nitrogens is 4. The molecular formula is C23H21N5O3S. The highest BCUT2D eigenvalue weighted by atomic mass is 32.1. The maximum atomic E-state index is 13.3. The average Bonchev–Trinajstić information content (AvgIpc) is 3.49. The predicted molar refractivity (Wildman–Crippen MR) is 124 cm³/mol. The number of nitrogens with one attached hydrogen (secondary N) is 2. The van der Waals surface area contributed by atoms with E-state index in [1.165, 1.54) is 15.9 Å². The Bertz CT molecular complexity index is 1430. The van der Waals surface area contributed by atoms with Crippen LogP contribution < -0.4 is 16.6 Å². The van der Waals surface area contributed by atoms with Crippen molar-refractivity contribution in [1.29, 1.82) is 0 Å². The van der Waals surface area contributed by atoms with Crippen molar-refractivity contribution in [3.05, 3.63) is 74.0 Å². The monoisotopic (exact) mass is 447 g/mol. The average molecular weight is 448 g/mol. The predicted octanol–water partition coefficient (Wildman–Crippen LogP) is 3.75. The van der Waals surface area contributed by atoms with Crippen LogP contribution >= 0.6 is 11.3 Å². The summed E-state index contributed by atoms with van der Waals surface area (Å²) in [5, 5.41) is 5.79. The molecule has 162 valence electrons. The van der Waals surface area contributed by atoms with Crippen molar-refractivity contribution in [2.24, 2.45) is 0 Å². The Kier molecular flexibility index (Phi) is 5.18. The highest BCUT2D eigenvalue weighted by molar-refractivity contribution is 7.13.